The Hall–Kier alpha value is -0.0851. The molecule has 0 aromatic carbocycles. The summed E-state index contributed by atoms with van der Waals surface area (Å²) in [7, 11) is -1.38. The molecular formula is C10H25BCl2N2O5. The van der Waals surface area contributed by atoms with Crippen LogP contribution in [0.25, 0.3) is 0 Å². The van der Waals surface area contributed by atoms with Gasteiger partial charge in [0.25, 0.3) is 0 Å². The van der Waals surface area contributed by atoms with E-state index in [4.69, 9.17) is 20.9 Å². The number of aliphatic carboxylic acids is 1. The fourth-order valence-corrected chi connectivity index (χ4v) is 1.49. The smallest absolute Gasteiger partial charge is 0.451 e. The first-order valence-electron chi connectivity index (χ1n) is 6.03. The van der Waals surface area contributed by atoms with Gasteiger partial charge in [-0.05, 0) is 26.6 Å². The zero-order valence-electron chi connectivity index (χ0n) is 11.7. The molecule has 0 aliphatic rings. The van der Waals surface area contributed by atoms with Crippen molar-refractivity contribution in [2.45, 2.75) is 51.0 Å². The number of halogens is 2. The highest BCUT2D eigenvalue weighted by Crippen LogP contribution is 2.16. The molecule has 122 valence electrons. The monoisotopic (exact) mass is 334 g/mol. The summed E-state index contributed by atoms with van der Waals surface area (Å²) < 4.78 is 0. The number of nitrogens with two attached hydrogens (primary N) is 1. The van der Waals surface area contributed by atoms with Gasteiger partial charge in [-0.15, -0.1) is 24.8 Å². The standard InChI is InChI=1S/C10H23BN2O5.2ClH/c1-8(2)13(18)7-10(12,9(14)15)5-3-4-6-11(16)17;;/h8,16-18H,3-7,12H2,1-2H3,(H,14,15);2*1H. The van der Waals surface area contributed by atoms with Crippen LogP contribution in [-0.4, -0.2) is 56.6 Å². The minimum absolute atomic E-state index is 0. The number of carbonyl (C=O) groups is 1. The average molecular weight is 335 g/mol. The fourth-order valence-electron chi connectivity index (χ4n) is 1.49. The maximum Gasteiger partial charge on any atom is 0.451 e. The summed E-state index contributed by atoms with van der Waals surface area (Å²) in [6.45, 7) is 3.29. The van der Waals surface area contributed by atoms with Crippen LogP contribution >= 0.6 is 24.8 Å². The minimum Gasteiger partial charge on any atom is -0.480 e. The number of unbranched alkanes of at least 4 members (excludes halogenated alkanes) is 1. The van der Waals surface area contributed by atoms with Crippen molar-refractivity contribution in [2.75, 3.05) is 6.54 Å². The summed E-state index contributed by atoms with van der Waals surface area (Å²) in [5.74, 6) is -1.17. The lowest BCUT2D eigenvalue weighted by atomic mass is 9.82. The number of hydroxylamine groups is 2. The zero-order chi connectivity index (χ0) is 14.3. The van der Waals surface area contributed by atoms with Crippen LogP contribution in [-0.2, 0) is 4.79 Å². The Morgan fingerprint density at radius 2 is 1.80 bits per heavy atom. The molecule has 0 bridgehead atoms. The lowest BCUT2D eigenvalue weighted by Gasteiger charge is -2.30. The van der Waals surface area contributed by atoms with Crippen molar-refractivity contribution in [1.29, 1.82) is 0 Å². The molecule has 1 unspecified atom stereocenters. The first-order chi connectivity index (χ1) is 8.19. The summed E-state index contributed by atoms with van der Waals surface area (Å²) in [5, 5.41) is 36.9. The van der Waals surface area contributed by atoms with E-state index in [0.717, 1.165) is 5.06 Å². The van der Waals surface area contributed by atoms with E-state index in [1.54, 1.807) is 13.8 Å². The van der Waals surface area contributed by atoms with Crippen molar-refractivity contribution in [3.8, 4) is 0 Å². The molecule has 0 spiro atoms. The van der Waals surface area contributed by atoms with Crippen LogP contribution in [0.3, 0.4) is 0 Å². The molecule has 0 amide bonds. The predicted molar refractivity (Wildman–Crippen MR) is 81.5 cm³/mol. The molecular weight excluding hydrogens is 310 g/mol. The van der Waals surface area contributed by atoms with E-state index in [1.165, 1.54) is 0 Å². The van der Waals surface area contributed by atoms with Gasteiger partial charge in [-0.1, -0.05) is 12.8 Å². The average Bonchev–Trinajstić information content (AvgIpc) is 2.23. The maximum absolute atomic E-state index is 11.1. The summed E-state index contributed by atoms with van der Waals surface area (Å²) in [5.41, 5.74) is 4.24. The summed E-state index contributed by atoms with van der Waals surface area (Å²) in [6, 6.07) is -0.216. The molecule has 0 aromatic rings. The number of hydrogen-bond donors (Lipinski definition) is 5. The number of carboxylic acids is 1. The van der Waals surface area contributed by atoms with Gasteiger partial charge in [-0.25, -0.2) is 0 Å². The van der Waals surface area contributed by atoms with Gasteiger partial charge < -0.3 is 26.1 Å². The van der Waals surface area contributed by atoms with Crippen LogP contribution in [0.15, 0.2) is 0 Å². The van der Waals surface area contributed by atoms with Crippen molar-refractivity contribution in [3.63, 3.8) is 0 Å². The first kappa shape index (κ1) is 24.9. The van der Waals surface area contributed by atoms with Gasteiger partial charge in [0.05, 0.1) is 6.54 Å². The Balaban J connectivity index is -0.00000144. The normalized spacial score (nSPS) is 13.4. The van der Waals surface area contributed by atoms with Gasteiger partial charge in [-0.3, -0.25) is 4.79 Å². The van der Waals surface area contributed by atoms with E-state index in [1.807, 2.05) is 0 Å². The van der Waals surface area contributed by atoms with Crippen molar-refractivity contribution in [3.05, 3.63) is 0 Å². The molecule has 0 saturated carbocycles. The van der Waals surface area contributed by atoms with Crippen LogP contribution in [0.5, 0.6) is 0 Å². The predicted octanol–water partition coefficient (Wildman–Crippen LogP) is 0.355. The number of rotatable bonds is 9. The van der Waals surface area contributed by atoms with Gasteiger partial charge in [0.1, 0.15) is 5.54 Å². The molecule has 0 fully saturated rings. The number of hydrogen-bond acceptors (Lipinski definition) is 6. The van der Waals surface area contributed by atoms with Crippen LogP contribution in [0, 0.1) is 0 Å². The van der Waals surface area contributed by atoms with Crippen LogP contribution in [0.2, 0.25) is 6.32 Å². The largest absolute Gasteiger partial charge is 0.480 e. The van der Waals surface area contributed by atoms with Crippen LogP contribution in [0.4, 0.5) is 0 Å². The van der Waals surface area contributed by atoms with E-state index < -0.39 is 18.6 Å². The van der Waals surface area contributed by atoms with Crippen LogP contribution in [0.1, 0.15) is 33.1 Å². The van der Waals surface area contributed by atoms with E-state index in [-0.39, 0.29) is 50.1 Å². The summed E-state index contributed by atoms with van der Waals surface area (Å²) >= 11 is 0. The number of nitrogens with zero attached hydrogens (tertiary/aromatic N) is 1. The van der Waals surface area contributed by atoms with Gasteiger partial charge >= 0.3 is 13.1 Å². The van der Waals surface area contributed by atoms with E-state index in [0.29, 0.717) is 12.8 Å². The Morgan fingerprint density at radius 1 is 1.30 bits per heavy atom. The zero-order valence-corrected chi connectivity index (χ0v) is 13.4. The molecule has 0 saturated heterocycles. The van der Waals surface area contributed by atoms with Gasteiger partial charge in [0.2, 0.25) is 0 Å². The lowest BCUT2D eigenvalue weighted by molar-refractivity contribution is -0.159. The van der Waals surface area contributed by atoms with E-state index >= 15 is 0 Å². The summed E-state index contributed by atoms with van der Waals surface area (Å²) in [4.78, 5) is 11.1. The van der Waals surface area contributed by atoms with Crippen LogP contribution < -0.4 is 5.73 Å². The Morgan fingerprint density at radius 3 is 2.15 bits per heavy atom. The second-order valence-electron chi connectivity index (χ2n) is 4.88. The third-order valence-electron chi connectivity index (χ3n) is 2.80. The van der Waals surface area contributed by atoms with Crippen molar-refractivity contribution in [1.82, 2.24) is 5.06 Å². The molecule has 6 N–H and O–H groups in total. The van der Waals surface area contributed by atoms with E-state index in [9.17, 15) is 10.0 Å². The van der Waals surface area contributed by atoms with Crippen molar-refractivity contribution >= 4 is 37.9 Å². The first-order valence-corrected chi connectivity index (χ1v) is 6.03. The third kappa shape index (κ3) is 9.76. The maximum atomic E-state index is 11.1. The molecule has 0 aliphatic carbocycles. The Labute approximate surface area is 132 Å². The molecule has 7 nitrogen and oxygen atoms in total. The van der Waals surface area contributed by atoms with E-state index in [2.05, 4.69) is 0 Å². The topological polar surface area (TPSA) is 127 Å². The highest BCUT2D eigenvalue weighted by Gasteiger charge is 2.36. The number of carboxylic acid groups (broad SMARTS) is 1. The fraction of sp³-hybridized carbons (Fsp3) is 0.900. The summed E-state index contributed by atoms with van der Waals surface area (Å²) in [6.07, 6.45) is 1.27. The van der Waals surface area contributed by atoms with Crippen molar-refractivity contribution in [2.24, 2.45) is 5.73 Å². The van der Waals surface area contributed by atoms with Gasteiger partial charge in [0.15, 0.2) is 0 Å². The van der Waals surface area contributed by atoms with Gasteiger partial charge in [0, 0.05) is 6.04 Å². The third-order valence-corrected chi connectivity index (χ3v) is 2.80. The second kappa shape index (κ2) is 11.6. The minimum atomic E-state index is -1.53. The Kier molecular flexibility index (Phi) is 14.4. The molecule has 10 heteroatoms. The SMILES string of the molecule is CC(C)N(O)CC(N)(CCCCB(O)O)C(=O)O.Cl.Cl. The molecule has 0 heterocycles. The van der Waals surface area contributed by atoms with Crippen molar-refractivity contribution < 1.29 is 25.2 Å². The molecule has 0 aliphatic heterocycles. The second-order valence-corrected chi connectivity index (χ2v) is 4.88. The highest BCUT2D eigenvalue weighted by molar-refractivity contribution is 6.40. The molecule has 20 heavy (non-hydrogen) atoms. The molecule has 1 atom stereocenters. The lowest BCUT2D eigenvalue weighted by Crippen LogP contribution is -2.56. The molecule has 0 aromatic heterocycles. The molecule has 0 rings (SSSR count). The Bertz CT molecular complexity index is 274. The quantitative estimate of drug-likeness (QED) is 0.234. The molecule has 0 radical (unpaired) electrons. The highest BCUT2D eigenvalue weighted by atomic mass is 35.5. The van der Waals surface area contributed by atoms with Gasteiger partial charge in [-0.2, -0.15) is 5.06 Å².